The van der Waals surface area contributed by atoms with Gasteiger partial charge in [0.15, 0.2) is 5.16 Å². The lowest BCUT2D eigenvalue weighted by atomic mass is 9.92. The Balaban J connectivity index is 1.85. The van der Waals surface area contributed by atoms with Gasteiger partial charge in [0.05, 0.1) is 11.4 Å². The molecule has 0 saturated carbocycles. The number of amides is 1. The van der Waals surface area contributed by atoms with Gasteiger partial charge in [-0.1, -0.05) is 100 Å². The molecule has 1 heterocycles. The molecule has 3 rings (SSSR count). The predicted octanol–water partition coefficient (Wildman–Crippen LogP) is 6.27. The van der Waals surface area contributed by atoms with Crippen LogP contribution in [0.15, 0.2) is 65.8 Å². The molecule has 0 spiro atoms. The molecule has 0 aliphatic rings. The third-order valence-electron chi connectivity index (χ3n) is 4.82. The highest BCUT2D eigenvalue weighted by molar-refractivity contribution is 7.99. The quantitative estimate of drug-likeness (QED) is 0.318. The van der Waals surface area contributed by atoms with Crippen molar-refractivity contribution in [1.82, 2.24) is 14.9 Å². The average molecular weight is 436 g/mol. The van der Waals surface area contributed by atoms with Crippen LogP contribution >= 0.6 is 11.8 Å². The molecule has 0 radical (unpaired) electrons. The summed E-state index contributed by atoms with van der Waals surface area (Å²) in [6.45, 7) is 9.98. The van der Waals surface area contributed by atoms with Crippen LogP contribution < -0.4 is 5.32 Å². The summed E-state index contributed by atoms with van der Waals surface area (Å²) in [5.41, 5.74) is 4.47. The van der Waals surface area contributed by atoms with Gasteiger partial charge in [0.2, 0.25) is 5.91 Å². The Hall–Kier alpha value is -2.53. The predicted molar refractivity (Wildman–Crippen MR) is 131 cm³/mol. The van der Waals surface area contributed by atoms with Gasteiger partial charge in [0, 0.05) is 36.4 Å². The minimum absolute atomic E-state index is 0.00375. The van der Waals surface area contributed by atoms with Gasteiger partial charge < -0.3 is 9.88 Å². The molecule has 2 aromatic carbocycles. The fourth-order valence-corrected chi connectivity index (χ4v) is 4.42. The van der Waals surface area contributed by atoms with Gasteiger partial charge in [-0.25, -0.2) is 4.98 Å². The highest BCUT2D eigenvalue weighted by Gasteiger charge is 2.20. The lowest BCUT2D eigenvalue weighted by molar-refractivity contribution is -0.122. The summed E-state index contributed by atoms with van der Waals surface area (Å²) in [5, 5.41) is 4.05. The van der Waals surface area contributed by atoms with Crippen LogP contribution in [0.4, 0.5) is 0 Å². The van der Waals surface area contributed by atoms with Crippen molar-refractivity contribution in [2.45, 2.75) is 52.2 Å². The zero-order chi connectivity index (χ0) is 22.3. The van der Waals surface area contributed by atoms with Gasteiger partial charge >= 0.3 is 0 Å². The highest BCUT2D eigenvalue weighted by Crippen LogP contribution is 2.36. The fourth-order valence-electron chi connectivity index (χ4n) is 3.54. The maximum atomic E-state index is 12.1. The molecular formula is C26H33N3OS. The first-order valence-corrected chi connectivity index (χ1v) is 12.0. The van der Waals surface area contributed by atoms with Gasteiger partial charge in [-0.3, -0.25) is 4.79 Å². The molecule has 0 unspecified atom stereocenters. The first-order valence-electron chi connectivity index (χ1n) is 11.0. The first kappa shape index (κ1) is 23.1. The molecule has 164 valence electrons. The van der Waals surface area contributed by atoms with Crippen LogP contribution in [0, 0.1) is 5.41 Å². The van der Waals surface area contributed by atoms with E-state index in [4.69, 9.17) is 4.98 Å². The Labute approximate surface area is 190 Å². The number of carbonyl (C=O) groups is 1. The minimum atomic E-state index is 0.00375. The van der Waals surface area contributed by atoms with Gasteiger partial charge in [0.1, 0.15) is 0 Å². The Morgan fingerprint density at radius 1 is 1.00 bits per heavy atom. The van der Waals surface area contributed by atoms with E-state index < -0.39 is 0 Å². The molecule has 0 aliphatic carbocycles. The van der Waals surface area contributed by atoms with Crippen molar-refractivity contribution in [3.05, 3.63) is 60.7 Å². The molecule has 31 heavy (non-hydrogen) atoms. The van der Waals surface area contributed by atoms with Crippen LogP contribution in [0.5, 0.6) is 0 Å². The second-order valence-electron chi connectivity index (χ2n) is 8.91. The number of rotatable bonds is 9. The van der Waals surface area contributed by atoms with E-state index in [-0.39, 0.29) is 11.3 Å². The summed E-state index contributed by atoms with van der Waals surface area (Å²) in [6.07, 6.45) is 1.57. The number of nitrogens with one attached hydrogen (secondary N) is 1. The third-order valence-corrected chi connectivity index (χ3v) is 5.80. The van der Waals surface area contributed by atoms with Gasteiger partial charge in [-0.15, -0.1) is 0 Å². The van der Waals surface area contributed by atoms with Crippen LogP contribution in [0.3, 0.4) is 0 Å². The number of aromatic nitrogens is 2. The second kappa shape index (κ2) is 10.7. The first-order chi connectivity index (χ1) is 14.9. The molecule has 0 atom stereocenters. The monoisotopic (exact) mass is 435 g/mol. The summed E-state index contributed by atoms with van der Waals surface area (Å²) in [5.74, 6) is 0.902. The van der Waals surface area contributed by atoms with Crippen LogP contribution in [0.25, 0.3) is 22.5 Å². The number of benzene rings is 2. The van der Waals surface area contributed by atoms with Crippen LogP contribution in [-0.4, -0.2) is 27.8 Å². The molecule has 5 heteroatoms. The Kier molecular flexibility index (Phi) is 7.97. The van der Waals surface area contributed by atoms with E-state index in [9.17, 15) is 4.79 Å². The van der Waals surface area contributed by atoms with Crippen molar-refractivity contribution in [3.63, 3.8) is 0 Å². The van der Waals surface area contributed by atoms with Crippen LogP contribution in [-0.2, 0) is 11.3 Å². The van der Waals surface area contributed by atoms with Crippen molar-refractivity contribution < 1.29 is 4.79 Å². The van der Waals surface area contributed by atoms with Crippen LogP contribution in [0.1, 0.15) is 40.5 Å². The number of hydrogen-bond acceptors (Lipinski definition) is 3. The van der Waals surface area contributed by atoms with Crippen LogP contribution in [0.2, 0.25) is 0 Å². The van der Waals surface area contributed by atoms with Gasteiger partial charge in [-0.2, -0.15) is 0 Å². The summed E-state index contributed by atoms with van der Waals surface area (Å²) in [6, 6.07) is 20.9. The summed E-state index contributed by atoms with van der Waals surface area (Å²) in [4.78, 5) is 17.2. The van der Waals surface area contributed by atoms with Crippen molar-refractivity contribution in [3.8, 4) is 22.5 Å². The van der Waals surface area contributed by atoms with E-state index in [0.717, 1.165) is 40.8 Å². The smallest absolute Gasteiger partial charge is 0.220 e. The lowest BCUT2D eigenvalue weighted by Gasteiger charge is -2.17. The molecule has 0 saturated heterocycles. The van der Waals surface area contributed by atoms with E-state index in [1.807, 2.05) is 12.1 Å². The number of imidazole rings is 1. The molecule has 4 nitrogen and oxygen atoms in total. The van der Waals surface area contributed by atoms with E-state index in [0.29, 0.717) is 13.0 Å². The standard InChI is InChI=1S/C26H33N3OS/c1-5-17-29-24(21-14-10-7-11-15-21)23(20-12-8-6-9-13-20)28-25(29)31-18-16-27-22(30)19-26(2,3)4/h6-15H,5,16-19H2,1-4H3,(H,27,30). The van der Waals surface area contributed by atoms with Crippen molar-refractivity contribution in [2.24, 2.45) is 5.41 Å². The van der Waals surface area contributed by atoms with Crippen molar-refractivity contribution in [2.75, 3.05) is 12.3 Å². The molecule has 1 aromatic heterocycles. The fraction of sp³-hybridized carbons (Fsp3) is 0.385. The largest absolute Gasteiger partial charge is 0.355 e. The van der Waals surface area contributed by atoms with Gasteiger partial charge in [0.25, 0.3) is 0 Å². The van der Waals surface area contributed by atoms with E-state index in [1.54, 1.807) is 11.8 Å². The summed E-state index contributed by atoms with van der Waals surface area (Å²) >= 11 is 1.71. The normalized spacial score (nSPS) is 11.5. The Morgan fingerprint density at radius 3 is 2.19 bits per heavy atom. The zero-order valence-electron chi connectivity index (χ0n) is 19.0. The average Bonchev–Trinajstić information content (AvgIpc) is 3.10. The SMILES string of the molecule is CCCn1c(SCCNC(=O)CC(C)(C)C)nc(-c2ccccc2)c1-c1ccccc1. The summed E-state index contributed by atoms with van der Waals surface area (Å²) in [7, 11) is 0. The number of thioether (sulfide) groups is 1. The maximum absolute atomic E-state index is 12.1. The molecule has 0 bridgehead atoms. The topological polar surface area (TPSA) is 46.9 Å². The third kappa shape index (κ3) is 6.47. The summed E-state index contributed by atoms with van der Waals surface area (Å²) < 4.78 is 2.33. The number of hydrogen-bond donors (Lipinski definition) is 1. The lowest BCUT2D eigenvalue weighted by Crippen LogP contribution is -2.29. The molecule has 3 aromatic rings. The molecule has 1 N–H and O–H groups in total. The van der Waals surface area contributed by atoms with Gasteiger partial charge in [-0.05, 0) is 11.8 Å². The second-order valence-corrected chi connectivity index (χ2v) is 9.97. The van der Waals surface area contributed by atoms with Crippen molar-refractivity contribution in [1.29, 1.82) is 0 Å². The zero-order valence-corrected chi connectivity index (χ0v) is 19.8. The molecule has 0 aliphatic heterocycles. The molecule has 1 amide bonds. The van der Waals surface area contributed by atoms with E-state index in [2.05, 4.69) is 86.1 Å². The highest BCUT2D eigenvalue weighted by atomic mass is 32.2. The van der Waals surface area contributed by atoms with Crippen molar-refractivity contribution >= 4 is 17.7 Å². The Bertz CT molecular complexity index is 975. The molecule has 0 fully saturated rings. The van der Waals surface area contributed by atoms with E-state index >= 15 is 0 Å². The maximum Gasteiger partial charge on any atom is 0.220 e. The number of carbonyl (C=O) groups excluding carboxylic acids is 1. The van der Waals surface area contributed by atoms with E-state index in [1.165, 1.54) is 5.56 Å². The molecular weight excluding hydrogens is 402 g/mol. The Morgan fingerprint density at radius 2 is 1.61 bits per heavy atom. The minimum Gasteiger partial charge on any atom is -0.355 e. The number of nitrogens with zero attached hydrogens (tertiary/aromatic N) is 2.